The van der Waals surface area contributed by atoms with Crippen LogP contribution in [0.15, 0.2) is 24.5 Å². The van der Waals surface area contributed by atoms with Gasteiger partial charge in [-0.2, -0.15) is 0 Å². The highest BCUT2D eigenvalue weighted by atomic mass is 15.3. The molecule has 0 saturated carbocycles. The Balaban J connectivity index is 2.16. The van der Waals surface area contributed by atoms with Gasteiger partial charge in [0.25, 0.3) is 0 Å². The standard InChI is InChI=1S/C16H28N4/c1-4-15(17)16(14-7-6-8-18-11-14)20-10-9-19(5-2)13(3)12-20/h6-8,11,13,15-16H,4-5,9-10,12,17H2,1-3H3. The maximum atomic E-state index is 6.41. The first-order valence-electron chi connectivity index (χ1n) is 7.81. The smallest absolute Gasteiger partial charge is 0.0515 e. The molecule has 2 heterocycles. The number of piperazine rings is 1. The van der Waals surface area contributed by atoms with Crippen molar-refractivity contribution in [2.45, 2.75) is 45.3 Å². The van der Waals surface area contributed by atoms with Crippen molar-refractivity contribution in [1.82, 2.24) is 14.8 Å². The zero-order valence-electron chi connectivity index (χ0n) is 13.0. The van der Waals surface area contributed by atoms with Crippen LogP contribution in [0, 0.1) is 0 Å². The van der Waals surface area contributed by atoms with E-state index in [1.807, 2.05) is 18.5 Å². The molecule has 0 spiro atoms. The number of pyridine rings is 1. The van der Waals surface area contributed by atoms with E-state index in [2.05, 4.69) is 41.6 Å². The Hall–Kier alpha value is -0.970. The highest BCUT2D eigenvalue weighted by molar-refractivity contribution is 5.16. The Morgan fingerprint density at radius 3 is 2.75 bits per heavy atom. The lowest BCUT2D eigenvalue weighted by Gasteiger charge is -2.44. The second-order valence-corrected chi connectivity index (χ2v) is 5.78. The third-order valence-corrected chi connectivity index (χ3v) is 4.50. The monoisotopic (exact) mass is 276 g/mol. The van der Waals surface area contributed by atoms with E-state index in [9.17, 15) is 0 Å². The molecule has 0 bridgehead atoms. The van der Waals surface area contributed by atoms with Gasteiger partial charge in [-0.05, 0) is 31.5 Å². The summed E-state index contributed by atoms with van der Waals surface area (Å²) in [4.78, 5) is 9.35. The lowest BCUT2D eigenvalue weighted by atomic mass is 9.96. The van der Waals surface area contributed by atoms with Crippen LogP contribution in [0.25, 0.3) is 0 Å². The molecule has 0 aliphatic carbocycles. The van der Waals surface area contributed by atoms with Crippen LogP contribution in [0.4, 0.5) is 0 Å². The van der Waals surface area contributed by atoms with Crippen molar-refractivity contribution < 1.29 is 0 Å². The number of rotatable bonds is 5. The van der Waals surface area contributed by atoms with Gasteiger partial charge >= 0.3 is 0 Å². The summed E-state index contributed by atoms with van der Waals surface area (Å²) in [5.41, 5.74) is 7.66. The van der Waals surface area contributed by atoms with Gasteiger partial charge in [0, 0.05) is 44.1 Å². The first kappa shape index (κ1) is 15.4. The van der Waals surface area contributed by atoms with Gasteiger partial charge in [0.2, 0.25) is 0 Å². The summed E-state index contributed by atoms with van der Waals surface area (Å²) in [6.45, 7) is 11.2. The number of aromatic nitrogens is 1. The second-order valence-electron chi connectivity index (χ2n) is 5.78. The largest absolute Gasteiger partial charge is 0.326 e. The number of hydrogen-bond donors (Lipinski definition) is 1. The van der Waals surface area contributed by atoms with Gasteiger partial charge < -0.3 is 5.73 Å². The van der Waals surface area contributed by atoms with Crippen molar-refractivity contribution in [3.05, 3.63) is 30.1 Å². The fraction of sp³-hybridized carbons (Fsp3) is 0.688. The van der Waals surface area contributed by atoms with E-state index in [4.69, 9.17) is 5.73 Å². The number of hydrogen-bond acceptors (Lipinski definition) is 4. The van der Waals surface area contributed by atoms with E-state index in [1.165, 1.54) is 5.56 Å². The first-order chi connectivity index (χ1) is 9.67. The van der Waals surface area contributed by atoms with Crippen LogP contribution in [-0.2, 0) is 0 Å². The van der Waals surface area contributed by atoms with Gasteiger partial charge in [-0.1, -0.05) is 19.9 Å². The Kier molecular flexibility index (Phi) is 5.52. The van der Waals surface area contributed by atoms with Crippen molar-refractivity contribution in [1.29, 1.82) is 0 Å². The minimum Gasteiger partial charge on any atom is -0.326 e. The third-order valence-electron chi connectivity index (χ3n) is 4.50. The fourth-order valence-electron chi connectivity index (χ4n) is 3.25. The first-order valence-corrected chi connectivity index (χ1v) is 7.81. The number of nitrogens with zero attached hydrogens (tertiary/aromatic N) is 3. The van der Waals surface area contributed by atoms with Crippen molar-refractivity contribution in [3.8, 4) is 0 Å². The van der Waals surface area contributed by atoms with Crippen molar-refractivity contribution in [2.75, 3.05) is 26.2 Å². The molecule has 2 N–H and O–H groups in total. The van der Waals surface area contributed by atoms with Crippen LogP contribution in [0.3, 0.4) is 0 Å². The highest BCUT2D eigenvalue weighted by Gasteiger charge is 2.31. The Labute approximate surface area is 123 Å². The lowest BCUT2D eigenvalue weighted by Crippen LogP contribution is -2.55. The van der Waals surface area contributed by atoms with Crippen LogP contribution < -0.4 is 5.73 Å². The normalized spacial score (nSPS) is 24.5. The van der Waals surface area contributed by atoms with Gasteiger partial charge in [-0.25, -0.2) is 0 Å². The van der Waals surface area contributed by atoms with Crippen LogP contribution in [0.1, 0.15) is 38.8 Å². The van der Waals surface area contributed by atoms with E-state index in [1.54, 1.807) is 0 Å². The molecule has 3 unspecified atom stereocenters. The average molecular weight is 276 g/mol. The predicted molar refractivity (Wildman–Crippen MR) is 83.5 cm³/mol. The van der Waals surface area contributed by atoms with Crippen molar-refractivity contribution in [3.63, 3.8) is 0 Å². The molecule has 2 rings (SSSR count). The molecule has 4 heteroatoms. The predicted octanol–water partition coefficient (Wildman–Crippen LogP) is 1.89. The maximum Gasteiger partial charge on any atom is 0.0515 e. The summed E-state index contributed by atoms with van der Waals surface area (Å²) in [6.07, 6.45) is 4.79. The van der Waals surface area contributed by atoms with Gasteiger partial charge in [0.05, 0.1) is 6.04 Å². The highest BCUT2D eigenvalue weighted by Crippen LogP contribution is 2.27. The van der Waals surface area contributed by atoms with Gasteiger partial charge in [0.15, 0.2) is 0 Å². The van der Waals surface area contributed by atoms with Gasteiger partial charge in [-0.15, -0.1) is 0 Å². The molecular formula is C16H28N4. The molecule has 112 valence electrons. The summed E-state index contributed by atoms with van der Waals surface area (Å²) in [6, 6.07) is 5.22. The Morgan fingerprint density at radius 1 is 1.40 bits per heavy atom. The lowest BCUT2D eigenvalue weighted by molar-refractivity contribution is 0.0492. The molecule has 3 atom stereocenters. The van der Waals surface area contributed by atoms with Crippen molar-refractivity contribution in [2.24, 2.45) is 5.73 Å². The molecule has 20 heavy (non-hydrogen) atoms. The summed E-state index contributed by atoms with van der Waals surface area (Å²) in [5.74, 6) is 0. The molecule has 0 amide bonds. The van der Waals surface area contributed by atoms with Crippen molar-refractivity contribution >= 4 is 0 Å². The summed E-state index contributed by atoms with van der Waals surface area (Å²) in [7, 11) is 0. The zero-order chi connectivity index (χ0) is 14.5. The zero-order valence-corrected chi connectivity index (χ0v) is 13.0. The SMILES string of the molecule is CCC(N)C(c1cccnc1)N1CCN(CC)C(C)C1. The molecule has 1 aliphatic rings. The van der Waals surface area contributed by atoms with Crippen LogP contribution in [0.2, 0.25) is 0 Å². The summed E-state index contributed by atoms with van der Waals surface area (Å²) < 4.78 is 0. The topological polar surface area (TPSA) is 45.4 Å². The minimum atomic E-state index is 0.166. The molecule has 0 aromatic carbocycles. The Bertz CT molecular complexity index is 395. The fourth-order valence-corrected chi connectivity index (χ4v) is 3.25. The third kappa shape index (κ3) is 3.37. The van der Waals surface area contributed by atoms with E-state index >= 15 is 0 Å². The molecule has 1 aromatic heterocycles. The van der Waals surface area contributed by atoms with Gasteiger partial charge in [0.1, 0.15) is 0 Å². The number of nitrogens with two attached hydrogens (primary N) is 1. The molecule has 1 aromatic rings. The van der Waals surface area contributed by atoms with Crippen LogP contribution in [0.5, 0.6) is 0 Å². The van der Waals surface area contributed by atoms with E-state index < -0.39 is 0 Å². The van der Waals surface area contributed by atoms with E-state index in [0.29, 0.717) is 6.04 Å². The van der Waals surface area contributed by atoms with E-state index in [-0.39, 0.29) is 12.1 Å². The number of likely N-dealkylation sites (N-methyl/N-ethyl adjacent to an activating group) is 1. The minimum absolute atomic E-state index is 0.166. The molecular weight excluding hydrogens is 248 g/mol. The molecule has 4 nitrogen and oxygen atoms in total. The van der Waals surface area contributed by atoms with E-state index in [0.717, 1.165) is 32.6 Å². The van der Waals surface area contributed by atoms with Crippen LogP contribution in [-0.4, -0.2) is 53.0 Å². The molecule has 1 fully saturated rings. The molecule has 0 radical (unpaired) electrons. The Morgan fingerprint density at radius 2 is 2.20 bits per heavy atom. The molecule has 1 aliphatic heterocycles. The summed E-state index contributed by atoms with van der Waals surface area (Å²) in [5, 5.41) is 0. The maximum absolute atomic E-state index is 6.41. The molecule has 1 saturated heterocycles. The average Bonchev–Trinajstić information content (AvgIpc) is 2.48. The van der Waals surface area contributed by atoms with Gasteiger partial charge in [-0.3, -0.25) is 14.8 Å². The second kappa shape index (κ2) is 7.16. The van der Waals surface area contributed by atoms with Crippen LogP contribution >= 0.6 is 0 Å². The summed E-state index contributed by atoms with van der Waals surface area (Å²) >= 11 is 0. The quantitative estimate of drug-likeness (QED) is 0.892.